The van der Waals surface area contributed by atoms with Crippen molar-refractivity contribution in [2.24, 2.45) is 0 Å². The smallest absolute Gasteiger partial charge is 0.262 e. The van der Waals surface area contributed by atoms with Crippen LogP contribution < -0.4 is 4.72 Å². The van der Waals surface area contributed by atoms with E-state index < -0.39 is 21.7 Å². The van der Waals surface area contributed by atoms with Gasteiger partial charge >= 0.3 is 0 Å². The predicted molar refractivity (Wildman–Crippen MR) is 88.4 cm³/mol. The van der Waals surface area contributed by atoms with Gasteiger partial charge in [-0.2, -0.15) is 5.10 Å². The second-order valence-electron chi connectivity index (χ2n) is 4.80. The fraction of sp³-hybridized carbons (Fsp3) is 0. The van der Waals surface area contributed by atoms with Crippen molar-refractivity contribution < 1.29 is 17.2 Å². The van der Waals surface area contributed by atoms with Crippen LogP contribution in [0.3, 0.4) is 0 Å². The molecular weight excluding hydrogens is 404 g/mol. The number of aromatic nitrogens is 2. The number of benzene rings is 2. The monoisotopic (exact) mass is 413 g/mol. The van der Waals surface area contributed by atoms with E-state index in [1.165, 1.54) is 4.68 Å². The number of sulfonamides is 1. The molecule has 0 aliphatic carbocycles. The minimum Gasteiger partial charge on any atom is -0.277 e. The van der Waals surface area contributed by atoms with Crippen LogP contribution in [0.2, 0.25) is 0 Å². The Hall–Kier alpha value is -2.26. The van der Waals surface area contributed by atoms with Gasteiger partial charge in [0, 0.05) is 6.20 Å². The third-order valence-electron chi connectivity index (χ3n) is 3.15. The summed E-state index contributed by atoms with van der Waals surface area (Å²) in [5.41, 5.74) is 0.729. The van der Waals surface area contributed by atoms with Crippen molar-refractivity contribution in [1.82, 2.24) is 9.78 Å². The summed E-state index contributed by atoms with van der Waals surface area (Å²) >= 11 is 3.27. The average Bonchev–Trinajstić information content (AvgIpc) is 2.96. The van der Waals surface area contributed by atoms with E-state index in [4.69, 9.17) is 0 Å². The Balaban J connectivity index is 2.00. The molecule has 0 amide bonds. The molecule has 3 aromatic rings. The molecule has 0 aliphatic heterocycles. The van der Waals surface area contributed by atoms with E-state index in [-0.39, 0.29) is 10.6 Å². The van der Waals surface area contributed by atoms with Crippen LogP contribution in [0.4, 0.5) is 14.5 Å². The Morgan fingerprint density at radius 1 is 1.08 bits per heavy atom. The first-order valence-corrected chi connectivity index (χ1v) is 8.92. The Morgan fingerprint density at radius 3 is 2.50 bits per heavy atom. The predicted octanol–water partition coefficient (Wildman–Crippen LogP) is 3.71. The Labute approximate surface area is 145 Å². The molecule has 3 rings (SSSR count). The topological polar surface area (TPSA) is 64.0 Å². The molecule has 124 valence electrons. The van der Waals surface area contributed by atoms with Crippen LogP contribution in [0.25, 0.3) is 5.69 Å². The molecule has 0 aliphatic rings. The highest BCUT2D eigenvalue weighted by molar-refractivity contribution is 9.10. The van der Waals surface area contributed by atoms with Crippen molar-refractivity contribution in [1.29, 1.82) is 0 Å². The average molecular weight is 414 g/mol. The van der Waals surface area contributed by atoms with Crippen molar-refractivity contribution in [3.8, 4) is 5.69 Å². The zero-order chi connectivity index (χ0) is 17.3. The lowest BCUT2D eigenvalue weighted by Gasteiger charge is -2.12. The van der Waals surface area contributed by atoms with E-state index in [2.05, 4.69) is 25.8 Å². The summed E-state index contributed by atoms with van der Waals surface area (Å²) in [6, 6.07) is 8.97. The van der Waals surface area contributed by atoms with Crippen molar-refractivity contribution in [2.75, 3.05) is 4.72 Å². The van der Waals surface area contributed by atoms with Gasteiger partial charge in [0.25, 0.3) is 10.0 Å². The van der Waals surface area contributed by atoms with E-state index in [1.807, 2.05) is 0 Å². The maximum absolute atomic E-state index is 13.3. The van der Waals surface area contributed by atoms with E-state index in [0.29, 0.717) is 11.8 Å². The summed E-state index contributed by atoms with van der Waals surface area (Å²) in [6.45, 7) is 0. The van der Waals surface area contributed by atoms with Crippen LogP contribution in [-0.2, 0) is 10.0 Å². The molecule has 0 unspecified atom stereocenters. The number of halogens is 3. The van der Waals surface area contributed by atoms with Crippen LogP contribution in [0.15, 0.2) is 64.2 Å². The van der Waals surface area contributed by atoms with Crippen molar-refractivity contribution in [3.05, 3.63) is 71.0 Å². The normalized spacial score (nSPS) is 11.5. The van der Waals surface area contributed by atoms with Crippen molar-refractivity contribution in [2.45, 2.75) is 4.90 Å². The zero-order valence-corrected chi connectivity index (χ0v) is 14.4. The quantitative estimate of drug-likeness (QED) is 0.708. The minimum atomic E-state index is -4.09. The molecule has 0 fully saturated rings. The molecule has 2 aromatic carbocycles. The van der Waals surface area contributed by atoms with Crippen molar-refractivity contribution in [3.63, 3.8) is 0 Å². The summed E-state index contributed by atoms with van der Waals surface area (Å²) in [6.07, 6.45) is 3.21. The molecular formula is C15H10BrF2N3O2S. The number of nitrogens with one attached hydrogen (secondary N) is 1. The zero-order valence-electron chi connectivity index (χ0n) is 11.9. The largest absolute Gasteiger partial charge is 0.277 e. The number of hydrogen-bond donors (Lipinski definition) is 1. The molecule has 1 N–H and O–H groups in total. The molecule has 9 heteroatoms. The summed E-state index contributed by atoms with van der Waals surface area (Å²) < 4.78 is 55.7. The van der Waals surface area contributed by atoms with Crippen LogP contribution in [0, 0.1) is 11.6 Å². The summed E-state index contributed by atoms with van der Waals surface area (Å²) in [4.78, 5) is -0.377. The highest BCUT2D eigenvalue weighted by atomic mass is 79.9. The third-order valence-corrected chi connectivity index (χ3v) is 4.92. The standard InChI is InChI=1S/C15H10BrF2N3O2S/c16-10-8-19-21(9-10)15-4-2-1-3-14(15)20-24(22,23)11-5-6-12(17)13(18)7-11/h1-9,20H. The summed E-state index contributed by atoms with van der Waals surface area (Å²) in [7, 11) is -4.09. The van der Waals surface area contributed by atoms with Gasteiger partial charge in [0.2, 0.25) is 0 Å². The van der Waals surface area contributed by atoms with Gasteiger partial charge in [-0.15, -0.1) is 0 Å². The number of hydrogen-bond acceptors (Lipinski definition) is 3. The number of para-hydroxylation sites is 2. The Morgan fingerprint density at radius 2 is 1.83 bits per heavy atom. The van der Waals surface area contributed by atoms with Gasteiger partial charge < -0.3 is 0 Å². The summed E-state index contributed by atoms with van der Waals surface area (Å²) in [5.74, 6) is -2.35. The van der Waals surface area contributed by atoms with Gasteiger partial charge in [-0.1, -0.05) is 12.1 Å². The lowest BCUT2D eigenvalue weighted by molar-refractivity contribution is 0.504. The molecule has 0 saturated carbocycles. The molecule has 0 bridgehead atoms. The molecule has 0 radical (unpaired) electrons. The second kappa shape index (κ2) is 6.33. The van der Waals surface area contributed by atoms with Gasteiger partial charge in [0.1, 0.15) is 0 Å². The first-order chi connectivity index (χ1) is 11.4. The maximum atomic E-state index is 13.3. The van der Waals surface area contributed by atoms with Crippen molar-refractivity contribution >= 4 is 31.6 Å². The minimum absolute atomic E-state index is 0.248. The second-order valence-corrected chi connectivity index (χ2v) is 7.40. The van der Waals surface area contributed by atoms with E-state index in [9.17, 15) is 17.2 Å². The Bertz CT molecular complexity index is 1010. The SMILES string of the molecule is O=S(=O)(Nc1ccccc1-n1cc(Br)cn1)c1ccc(F)c(F)c1. The van der Waals surface area contributed by atoms with Gasteiger partial charge in [0.05, 0.1) is 26.9 Å². The maximum Gasteiger partial charge on any atom is 0.262 e. The van der Waals surface area contributed by atoms with Crippen LogP contribution >= 0.6 is 15.9 Å². The third kappa shape index (κ3) is 3.31. The number of nitrogens with zero attached hydrogens (tertiary/aromatic N) is 2. The van der Waals surface area contributed by atoms with Gasteiger partial charge in [0.15, 0.2) is 11.6 Å². The first kappa shape index (κ1) is 16.6. The molecule has 1 aromatic heterocycles. The molecule has 24 heavy (non-hydrogen) atoms. The lowest BCUT2D eigenvalue weighted by Crippen LogP contribution is -2.15. The van der Waals surface area contributed by atoms with Gasteiger partial charge in [-0.3, -0.25) is 4.72 Å². The fourth-order valence-corrected chi connectivity index (χ4v) is 3.41. The molecule has 0 atom stereocenters. The lowest BCUT2D eigenvalue weighted by atomic mass is 10.3. The number of rotatable bonds is 4. The highest BCUT2D eigenvalue weighted by Crippen LogP contribution is 2.24. The molecule has 0 spiro atoms. The van der Waals surface area contributed by atoms with E-state index >= 15 is 0 Å². The number of anilines is 1. The Kier molecular flexibility index (Phi) is 4.37. The first-order valence-electron chi connectivity index (χ1n) is 6.64. The fourth-order valence-electron chi connectivity index (χ4n) is 2.04. The summed E-state index contributed by atoms with van der Waals surface area (Å²) in [5, 5.41) is 4.10. The molecule has 0 saturated heterocycles. The van der Waals surface area contributed by atoms with Crippen LogP contribution in [-0.4, -0.2) is 18.2 Å². The molecule has 1 heterocycles. The van der Waals surface area contributed by atoms with Gasteiger partial charge in [-0.05, 0) is 46.3 Å². The van der Waals surface area contributed by atoms with Crippen LogP contribution in [0.1, 0.15) is 0 Å². The van der Waals surface area contributed by atoms with Gasteiger partial charge in [-0.25, -0.2) is 21.9 Å². The van der Waals surface area contributed by atoms with E-state index in [0.717, 1.165) is 16.6 Å². The highest BCUT2D eigenvalue weighted by Gasteiger charge is 2.18. The molecule has 5 nitrogen and oxygen atoms in total. The van der Waals surface area contributed by atoms with E-state index in [1.54, 1.807) is 36.7 Å². The van der Waals surface area contributed by atoms with Crippen LogP contribution in [0.5, 0.6) is 0 Å².